The van der Waals surface area contributed by atoms with Gasteiger partial charge in [-0.2, -0.15) is 0 Å². The van der Waals surface area contributed by atoms with Gasteiger partial charge in [0.2, 0.25) is 5.78 Å². The smallest absolute Gasteiger partial charge is 0.204 e. The van der Waals surface area contributed by atoms with Crippen molar-refractivity contribution in [2.45, 2.75) is 24.3 Å². The molecule has 1 saturated heterocycles. The Balaban J connectivity index is 1.85. The molecule has 3 rings (SSSR count). The number of carbonyl (C=O) groups excluding carboxylic acids is 1. The lowest BCUT2D eigenvalue weighted by molar-refractivity contribution is 0.104. The van der Waals surface area contributed by atoms with E-state index in [9.17, 15) is 18.3 Å². The van der Waals surface area contributed by atoms with E-state index in [1.54, 1.807) is 19.1 Å². The van der Waals surface area contributed by atoms with Crippen molar-refractivity contribution in [1.29, 1.82) is 0 Å². The molecular formula is C16H18N2O4S2. The topological polar surface area (TPSA) is 87.6 Å². The number of hydrogen-bond acceptors (Lipinski definition) is 7. The van der Waals surface area contributed by atoms with Gasteiger partial charge in [0.05, 0.1) is 27.8 Å². The molecule has 1 aliphatic rings. The van der Waals surface area contributed by atoms with E-state index in [2.05, 4.69) is 4.98 Å². The zero-order valence-corrected chi connectivity index (χ0v) is 14.8. The molecule has 6 nitrogen and oxygen atoms in total. The van der Waals surface area contributed by atoms with Crippen LogP contribution >= 0.6 is 11.3 Å². The number of aromatic nitrogens is 1. The van der Waals surface area contributed by atoms with Gasteiger partial charge in [-0.05, 0) is 18.6 Å². The number of sulfone groups is 1. The summed E-state index contributed by atoms with van der Waals surface area (Å²) in [6, 6.07) is 6.10. The molecule has 8 heteroatoms. The van der Waals surface area contributed by atoms with Gasteiger partial charge in [0, 0.05) is 18.7 Å². The second-order valence-electron chi connectivity index (χ2n) is 5.66. The minimum absolute atomic E-state index is 0.00731. The summed E-state index contributed by atoms with van der Waals surface area (Å²) in [6.45, 7) is 2.81. The summed E-state index contributed by atoms with van der Waals surface area (Å²) in [7, 11) is -3.35. The summed E-state index contributed by atoms with van der Waals surface area (Å²) in [4.78, 5) is 19.4. The maximum Gasteiger partial charge on any atom is 0.204 e. The Kier molecular flexibility index (Phi) is 4.71. The van der Waals surface area contributed by atoms with Gasteiger partial charge >= 0.3 is 0 Å². The number of ketones is 1. The maximum absolute atomic E-state index is 12.6. The standard InChI is InChI=1S/C16H18N2O4S2/c1-2-24(21,22)13-5-3-4-11(8-13)15(20)14-9-17-16(23-14)18-7-6-12(19)10-18/h3-5,8-9,12,19H,2,6-7,10H2,1H3/t12-/m0/s1. The average molecular weight is 366 g/mol. The van der Waals surface area contributed by atoms with Crippen LogP contribution in [0.15, 0.2) is 35.4 Å². The van der Waals surface area contributed by atoms with Crippen LogP contribution in [0.3, 0.4) is 0 Å². The molecule has 0 saturated carbocycles. The Morgan fingerprint density at radius 1 is 1.46 bits per heavy atom. The average Bonchev–Trinajstić information content (AvgIpc) is 3.23. The van der Waals surface area contributed by atoms with Crippen molar-refractivity contribution < 1.29 is 18.3 Å². The number of rotatable bonds is 5. The van der Waals surface area contributed by atoms with Crippen LogP contribution in [-0.4, -0.2) is 49.2 Å². The molecule has 0 aliphatic carbocycles. The van der Waals surface area contributed by atoms with Crippen LogP contribution in [0.25, 0.3) is 0 Å². The number of β-amino-alcohol motifs (C(OH)–C–C–N with tert-alkyl or cyclic N) is 1. The zero-order chi connectivity index (χ0) is 17.3. The Labute approximate surface area is 144 Å². The molecule has 2 heterocycles. The van der Waals surface area contributed by atoms with Gasteiger partial charge in [-0.1, -0.05) is 30.4 Å². The minimum Gasteiger partial charge on any atom is -0.391 e. The molecular weight excluding hydrogens is 348 g/mol. The second kappa shape index (κ2) is 6.62. The van der Waals surface area contributed by atoms with Gasteiger partial charge in [0.1, 0.15) is 0 Å². The SMILES string of the molecule is CCS(=O)(=O)c1cccc(C(=O)c2cnc(N3CC[C@H](O)C3)s2)c1. The summed E-state index contributed by atoms with van der Waals surface area (Å²) in [5.74, 6) is -0.251. The van der Waals surface area contributed by atoms with E-state index in [0.29, 0.717) is 35.1 Å². The van der Waals surface area contributed by atoms with Crippen LogP contribution in [0.2, 0.25) is 0 Å². The Morgan fingerprint density at radius 2 is 2.25 bits per heavy atom. The van der Waals surface area contributed by atoms with Crippen molar-refractivity contribution in [3.63, 3.8) is 0 Å². The van der Waals surface area contributed by atoms with Crippen molar-refractivity contribution in [3.8, 4) is 0 Å². The first kappa shape index (κ1) is 17.1. The minimum atomic E-state index is -3.35. The van der Waals surface area contributed by atoms with Gasteiger partial charge < -0.3 is 10.0 Å². The van der Waals surface area contributed by atoms with Crippen molar-refractivity contribution in [2.24, 2.45) is 0 Å². The van der Waals surface area contributed by atoms with Gasteiger partial charge in [-0.3, -0.25) is 4.79 Å². The van der Waals surface area contributed by atoms with Crippen LogP contribution in [0.4, 0.5) is 5.13 Å². The number of aliphatic hydroxyl groups excluding tert-OH is 1. The van der Waals surface area contributed by atoms with E-state index in [-0.39, 0.29) is 22.5 Å². The molecule has 24 heavy (non-hydrogen) atoms. The summed E-state index contributed by atoms with van der Waals surface area (Å²) in [5, 5.41) is 10.3. The Hall–Kier alpha value is -1.77. The molecule has 0 radical (unpaired) electrons. The zero-order valence-electron chi connectivity index (χ0n) is 13.2. The molecule has 0 bridgehead atoms. The highest BCUT2D eigenvalue weighted by molar-refractivity contribution is 7.91. The van der Waals surface area contributed by atoms with E-state index in [1.807, 2.05) is 4.90 Å². The van der Waals surface area contributed by atoms with Gasteiger partial charge in [-0.25, -0.2) is 13.4 Å². The van der Waals surface area contributed by atoms with Crippen LogP contribution in [0, 0.1) is 0 Å². The molecule has 1 atom stereocenters. The first-order chi connectivity index (χ1) is 11.4. The number of benzene rings is 1. The van der Waals surface area contributed by atoms with Crippen molar-refractivity contribution in [1.82, 2.24) is 4.98 Å². The molecule has 0 unspecified atom stereocenters. The third-order valence-electron chi connectivity index (χ3n) is 3.99. The highest BCUT2D eigenvalue weighted by atomic mass is 32.2. The number of thiazole rings is 1. The molecule has 2 aromatic rings. The Morgan fingerprint density at radius 3 is 2.92 bits per heavy atom. The van der Waals surface area contributed by atoms with E-state index >= 15 is 0 Å². The lowest BCUT2D eigenvalue weighted by Crippen LogP contribution is -2.20. The summed E-state index contributed by atoms with van der Waals surface area (Å²) in [5.41, 5.74) is 0.334. The second-order valence-corrected chi connectivity index (χ2v) is 8.94. The lowest BCUT2D eigenvalue weighted by Gasteiger charge is -2.12. The van der Waals surface area contributed by atoms with Crippen LogP contribution in [0.1, 0.15) is 28.6 Å². The molecule has 0 spiro atoms. The summed E-state index contributed by atoms with van der Waals surface area (Å²) >= 11 is 1.26. The number of hydrogen-bond donors (Lipinski definition) is 1. The molecule has 1 fully saturated rings. The predicted octanol–water partition coefficient (Wildman–Crippen LogP) is 1.74. The normalized spacial score (nSPS) is 18.1. The summed E-state index contributed by atoms with van der Waals surface area (Å²) in [6.07, 6.45) is 1.84. The molecule has 1 aromatic heterocycles. The van der Waals surface area contributed by atoms with Crippen LogP contribution in [-0.2, 0) is 9.84 Å². The lowest BCUT2D eigenvalue weighted by atomic mass is 10.1. The van der Waals surface area contributed by atoms with Crippen LogP contribution < -0.4 is 4.90 Å². The first-order valence-electron chi connectivity index (χ1n) is 7.67. The predicted molar refractivity (Wildman–Crippen MR) is 92.6 cm³/mol. The number of nitrogens with zero attached hydrogens (tertiary/aromatic N) is 2. The van der Waals surface area contributed by atoms with E-state index in [4.69, 9.17) is 0 Å². The maximum atomic E-state index is 12.6. The highest BCUT2D eigenvalue weighted by Gasteiger charge is 2.24. The largest absolute Gasteiger partial charge is 0.391 e. The van der Waals surface area contributed by atoms with Crippen molar-refractivity contribution in [2.75, 3.05) is 23.7 Å². The fourth-order valence-corrected chi connectivity index (χ4v) is 4.41. The number of aliphatic hydroxyl groups is 1. The fourth-order valence-electron chi connectivity index (χ4n) is 2.57. The molecule has 1 aliphatic heterocycles. The first-order valence-corrected chi connectivity index (χ1v) is 10.1. The summed E-state index contributed by atoms with van der Waals surface area (Å²) < 4.78 is 23.9. The van der Waals surface area contributed by atoms with E-state index < -0.39 is 9.84 Å². The van der Waals surface area contributed by atoms with Gasteiger partial charge in [-0.15, -0.1) is 0 Å². The third kappa shape index (κ3) is 3.35. The van der Waals surface area contributed by atoms with Crippen LogP contribution in [0.5, 0.6) is 0 Å². The fraction of sp³-hybridized carbons (Fsp3) is 0.375. The molecule has 1 aromatic carbocycles. The number of carbonyl (C=O) groups is 1. The number of anilines is 1. The van der Waals surface area contributed by atoms with Crippen molar-refractivity contribution in [3.05, 3.63) is 40.9 Å². The van der Waals surface area contributed by atoms with E-state index in [1.165, 1.54) is 29.7 Å². The van der Waals surface area contributed by atoms with Gasteiger partial charge in [0.15, 0.2) is 15.0 Å². The van der Waals surface area contributed by atoms with Crippen molar-refractivity contribution >= 4 is 32.1 Å². The molecule has 128 valence electrons. The van der Waals surface area contributed by atoms with E-state index in [0.717, 1.165) is 0 Å². The third-order valence-corrected chi connectivity index (χ3v) is 6.78. The molecule has 0 amide bonds. The highest BCUT2D eigenvalue weighted by Crippen LogP contribution is 2.28. The van der Waals surface area contributed by atoms with Gasteiger partial charge in [0.25, 0.3) is 0 Å². The monoisotopic (exact) mass is 366 g/mol. The quantitative estimate of drug-likeness (QED) is 0.811. The molecule has 1 N–H and O–H groups in total. The Bertz CT molecular complexity index is 860.